The van der Waals surface area contributed by atoms with E-state index >= 15 is 0 Å². The van der Waals surface area contributed by atoms with Gasteiger partial charge < -0.3 is 20.1 Å². The molecule has 0 aromatic heterocycles. The molecule has 1 fully saturated rings. The number of carbonyl (C=O) groups is 1. The summed E-state index contributed by atoms with van der Waals surface area (Å²) in [7, 11) is 1.74. The molecule has 1 aliphatic carbocycles. The molecule has 1 amide bonds. The quantitative estimate of drug-likeness (QED) is 0.603. The molecule has 0 bridgehead atoms. The molecule has 2 N–H and O–H groups in total. The first-order valence-corrected chi connectivity index (χ1v) is 9.10. The Bertz CT molecular complexity index is 323. The van der Waals surface area contributed by atoms with Gasteiger partial charge >= 0.3 is 6.09 Å². The Morgan fingerprint density at radius 3 is 2.52 bits per heavy atom. The fourth-order valence-electron chi connectivity index (χ4n) is 3.09. The lowest BCUT2D eigenvalue weighted by Gasteiger charge is -2.21. The van der Waals surface area contributed by atoms with Crippen molar-refractivity contribution in [3.63, 3.8) is 0 Å². The number of methoxy groups -OCH3 is 1. The van der Waals surface area contributed by atoms with Crippen LogP contribution in [-0.2, 0) is 9.47 Å². The van der Waals surface area contributed by atoms with Crippen LogP contribution < -0.4 is 10.6 Å². The summed E-state index contributed by atoms with van der Waals surface area (Å²) in [5, 5.41) is 6.41. The van der Waals surface area contributed by atoms with E-state index in [1.54, 1.807) is 7.11 Å². The van der Waals surface area contributed by atoms with E-state index in [1.165, 1.54) is 32.1 Å². The van der Waals surface area contributed by atoms with Crippen molar-refractivity contribution in [3.05, 3.63) is 0 Å². The number of ether oxygens (including phenoxy) is 2. The highest BCUT2D eigenvalue weighted by molar-refractivity contribution is 5.67. The smallest absolute Gasteiger partial charge is 0.407 e. The van der Waals surface area contributed by atoms with E-state index < -0.39 is 5.60 Å². The Kier molecular flexibility index (Phi) is 9.56. The van der Waals surface area contributed by atoms with Crippen LogP contribution in [0.4, 0.5) is 4.79 Å². The molecular weight excluding hydrogens is 292 g/mol. The molecule has 0 saturated heterocycles. The summed E-state index contributed by atoms with van der Waals surface area (Å²) in [5.74, 6) is 0.916. The maximum Gasteiger partial charge on any atom is 0.407 e. The highest BCUT2D eigenvalue weighted by atomic mass is 16.6. The molecule has 5 heteroatoms. The van der Waals surface area contributed by atoms with Crippen LogP contribution in [0.25, 0.3) is 0 Å². The highest BCUT2D eigenvalue weighted by Crippen LogP contribution is 2.26. The van der Waals surface area contributed by atoms with Gasteiger partial charge in [-0.05, 0) is 52.5 Å². The zero-order chi connectivity index (χ0) is 17.1. The van der Waals surface area contributed by atoms with E-state index in [0.717, 1.165) is 31.9 Å². The largest absolute Gasteiger partial charge is 0.444 e. The minimum atomic E-state index is -0.440. The third-order valence-electron chi connectivity index (χ3n) is 4.23. The Morgan fingerprint density at radius 1 is 1.22 bits per heavy atom. The molecule has 136 valence electrons. The van der Waals surface area contributed by atoms with Crippen LogP contribution in [0.15, 0.2) is 0 Å². The molecule has 0 heterocycles. The summed E-state index contributed by atoms with van der Waals surface area (Å²) in [6.45, 7) is 8.04. The molecule has 1 unspecified atom stereocenters. The lowest BCUT2D eigenvalue weighted by molar-refractivity contribution is 0.0526. The van der Waals surface area contributed by atoms with Gasteiger partial charge in [0.1, 0.15) is 5.60 Å². The maximum absolute atomic E-state index is 11.6. The predicted octanol–water partition coefficient (Wildman–Crippen LogP) is 3.48. The van der Waals surface area contributed by atoms with Crippen LogP contribution in [0, 0.1) is 5.92 Å². The summed E-state index contributed by atoms with van der Waals surface area (Å²) in [5.41, 5.74) is -0.440. The van der Waals surface area contributed by atoms with E-state index in [-0.39, 0.29) is 6.09 Å². The fourth-order valence-corrected chi connectivity index (χ4v) is 3.09. The monoisotopic (exact) mass is 328 g/mol. The Hall–Kier alpha value is -0.810. The molecule has 0 aliphatic heterocycles. The molecule has 1 atom stereocenters. The van der Waals surface area contributed by atoms with Crippen molar-refractivity contribution < 1.29 is 14.3 Å². The van der Waals surface area contributed by atoms with E-state index in [2.05, 4.69) is 10.6 Å². The molecule has 23 heavy (non-hydrogen) atoms. The second-order valence-electron chi connectivity index (χ2n) is 7.62. The van der Waals surface area contributed by atoms with Gasteiger partial charge in [-0.1, -0.05) is 25.7 Å². The molecule has 1 rings (SSSR count). The van der Waals surface area contributed by atoms with Gasteiger partial charge in [0.05, 0.1) is 6.61 Å². The Balaban J connectivity index is 2.10. The third-order valence-corrected chi connectivity index (χ3v) is 4.23. The van der Waals surface area contributed by atoms with Gasteiger partial charge in [-0.3, -0.25) is 0 Å². The van der Waals surface area contributed by atoms with Crippen molar-refractivity contribution in [2.24, 2.45) is 5.92 Å². The number of alkyl carbamates (subject to hydrolysis) is 1. The highest BCUT2D eigenvalue weighted by Gasteiger charge is 2.17. The van der Waals surface area contributed by atoms with Gasteiger partial charge in [-0.15, -0.1) is 0 Å². The summed E-state index contributed by atoms with van der Waals surface area (Å²) < 4.78 is 10.5. The normalized spacial score (nSPS) is 17.2. The Labute approximate surface area is 141 Å². The second-order valence-corrected chi connectivity index (χ2v) is 7.62. The third kappa shape index (κ3) is 10.6. The fraction of sp³-hybridized carbons (Fsp3) is 0.944. The Morgan fingerprint density at radius 2 is 1.91 bits per heavy atom. The van der Waals surface area contributed by atoms with Crippen LogP contribution in [0.3, 0.4) is 0 Å². The predicted molar refractivity (Wildman–Crippen MR) is 93.7 cm³/mol. The van der Waals surface area contributed by atoms with Gasteiger partial charge in [0, 0.05) is 19.7 Å². The first-order valence-electron chi connectivity index (χ1n) is 9.10. The van der Waals surface area contributed by atoms with Gasteiger partial charge in [-0.25, -0.2) is 4.79 Å². The topological polar surface area (TPSA) is 59.6 Å². The van der Waals surface area contributed by atoms with E-state index in [4.69, 9.17) is 9.47 Å². The molecular formula is C18H36N2O3. The summed E-state index contributed by atoms with van der Waals surface area (Å²) in [6, 6.07) is 0.363. The standard InChI is InChI=1S/C18H36N2O3/c1-18(2,3)23-17(21)20-12-7-10-16(14-22-4)19-13-11-15-8-5-6-9-15/h15-16,19H,5-14H2,1-4H3,(H,20,21). The van der Waals surface area contributed by atoms with Crippen molar-refractivity contribution in [3.8, 4) is 0 Å². The number of carbonyl (C=O) groups excluding carboxylic acids is 1. The average molecular weight is 328 g/mol. The number of rotatable bonds is 10. The van der Waals surface area contributed by atoms with Crippen molar-refractivity contribution >= 4 is 6.09 Å². The molecule has 0 spiro atoms. The first kappa shape index (κ1) is 20.2. The lowest BCUT2D eigenvalue weighted by Crippen LogP contribution is -2.36. The molecule has 0 aromatic carbocycles. The van der Waals surface area contributed by atoms with Crippen LogP contribution in [0.5, 0.6) is 0 Å². The summed E-state index contributed by atoms with van der Waals surface area (Å²) >= 11 is 0. The minimum absolute atomic E-state index is 0.338. The lowest BCUT2D eigenvalue weighted by atomic mass is 10.0. The average Bonchev–Trinajstić information content (AvgIpc) is 2.94. The van der Waals surface area contributed by atoms with Crippen LogP contribution >= 0.6 is 0 Å². The van der Waals surface area contributed by atoms with E-state index in [9.17, 15) is 4.79 Å². The molecule has 1 saturated carbocycles. The first-order chi connectivity index (χ1) is 10.9. The number of hydrogen-bond acceptors (Lipinski definition) is 4. The SMILES string of the molecule is COCC(CCCNC(=O)OC(C)(C)C)NCCC1CCCC1. The zero-order valence-electron chi connectivity index (χ0n) is 15.5. The number of amides is 1. The van der Waals surface area contributed by atoms with Crippen LogP contribution in [0.2, 0.25) is 0 Å². The molecule has 0 aromatic rings. The van der Waals surface area contributed by atoms with Crippen molar-refractivity contribution in [1.29, 1.82) is 0 Å². The van der Waals surface area contributed by atoms with Gasteiger partial charge in [0.25, 0.3) is 0 Å². The van der Waals surface area contributed by atoms with Crippen molar-refractivity contribution in [2.45, 2.75) is 77.4 Å². The van der Waals surface area contributed by atoms with E-state index in [0.29, 0.717) is 12.6 Å². The number of hydrogen-bond donors (Lipinski definition) is 2. The molecule has 1 aliphatic rings. The zero-order valence-corrected chi connectivity index (χ0v) is 15.5. The van der Waals surface area contributed by atoms with Gasteiger partial charge in [-0.2, -0.15) is 0 Å². The van der Waals surface area contributed by atoms with Gasteiger partial charge in [0.15, 0.2) is 0 Å². The molecule has 0 radical (unpaired) electrons. The van der Waals surface area contributed by atoms with Crippen LogP contribution in [0.1, 0.15) is 65.7 Å². The van der Waals surface area contributed by atoms with Crippen molar-refractivity contribution in [2.75, 3.05) is 26.8 Å². The molecule has 5 nitrogen and oxygen atoms in total. The van der Waals surface area contributed by atoms with Gasteiger partial charge in [0.2, 0.25) is 0 Å². The summed E-state index contributed by atoms with van der Waals surface area (Å²) in [6.07, 6.45) is 8.46. The number of nitrogens with one attached hydrogen (secondary N) is 2. The second kappa shape index (κ2) is 10.9. The summed E-state index contributed by atoms with van der Waals surface area (Å²) in [4.78, 5) is 11.6. The van der Waals surface area contributed by atoms with Crippen molar-refractivity contribution in [1.82, 2.24) is 10.6 Å². The van der Waals surface area contributed by atoms with Crippen LogP contribution in [-0.4, -0.2) is 44.5 Å². The maximum atomic E-state index is 11.6. The minimum Gasteiger partial charge on any atom is -0.444 e. The van der Waals surface area contributed by atoms with E-state index in [1.807, 2.05) is 20.8 Å².